The van der Waals surface area contributed by atoms with Crippen molar-refractivity contribution >= 4 is 0 Å². The van der Waals surface area contributed by atoms with E-state index in [-0.39, 0.29) is 0 Å². The van der Waals surface area contributed by atoms with Gasteiger partial charge < -0.3 is 0 Å². The monoisotopic (exact) mass is 446 g/mol. The molecule has 2 aromatic carbocycles. The number of fused-ring (bicyclic) bond motifs is 2. The van der Waals surface area contributed by atoms with Crippen LogP contribution in [-0.2, 0) is 0 Å². The lowest BCUT2D eigenvalue weighted by molar-refractivity contribution is 0.552. The smallest absolute Gasteiger partial charge is 0.0143 e. The Bertz CT molecular complexity index is 1100. The predicted molar refractivity (Wildman–Crippen MR) is 145 cm³/mol. The molecule has 0 heterocycles. The first kappa shape index (κ1) is 21.9. The highest BCUT2D eigenvalue weighted by atomic mass is 14.4. The molecule has 4 aliphatic carbocycles. The Balaban J connectivity index is 1.46. The van der Waals surface area contributed by atoms with Crippen LogP contribution >= 0.6 is 0 Å². The molecule has 2 saturated carbocycles. The van der Waals surface area contributed by atoms with E-state index in [2.05, 4.69) is 101 Å². The first-order valence-corrected chi connectivity index (χ1v) is 13.4. The van der Waals surface area contributed by atoms with Crippen molar-refractivity contribution in [1.29, 1.82) is 0 Å². The molecule has 0 bridgehead atoms. The van der Waals surface area contributed by atoms with Gasteiger partial charge in [0.2, 0.25) is 0 Å². The fourth-order valence-corrected chi connectivity index (χ4v) is 7.25. The van der Waals surface area contributed by atoms with Gasteiger partial charge in [0.1, 0.15) is 0 Å². The summed E-state index contributed by atoms with van der Waals surface area (Å²) < 4.78 is 0. The molecule has 0 spiro atoms. The van der Waals surface area contributed by atoms with Gasteiger partial charge in [0, 0.05) is 0 Å². The van der Waals surface area contributed by atoms with E-state index in [1.165, 1.54) is 59.1 Å². The van der Waals surface area contributed by atoms with Crippen LogP contribution in [0.4, 0.5) is 0 Å². The highest BCUT2D eigenvalue weighted by Gasteiger charge is 2.36. The van der Waals surface area contributed by atoms with Crippen LogP contribution in [0, 0.1) is 51.4 Å². The number of benzene rings is 2. The third-order valence-electron chi connectivity index (χ3n) is 9.48. The molecule has 0 amide bonds. The van der Waals surface area contributed by atoms with Crippen molar-refractivity contribution in [3.63, 3.8) is 0 Å². The van der Waals surface area contributed by atoms with Crippen LogP contribution in [0.2, 0.25) is 0 Å². The maximum absolute atomic E-state index is 2.54. The molecule has 4 aliphatic rings. The van der Waals surface area contributed by atoms with Crippen LogP contribution in [-0.4, -0.2) is 0 Å². The molecule has 6 rings (SSSR count). The Kier molecular flexibility index (Phi) is 5.51. The molecule has 2 fully saturated rings. The molecule has 0 radical (unpaired) electrons. The highest BCUT2D eigenvalue weighted by molar-refractivity contribution is 5.75. The van der Waals surface area contributed by atoms with Crippen LogP contribution in [0.3, 0.4) is 0 Å². The van der Waals surface area contributed by atoms with E-state index in [9.17, 15) is 0 Å². The molecular weight excluding hydrogens is 408 g/mol. The Hall–Kier alpha value is -2.60. The summed E-state index contributed by atoms with van der Waals surface area (Å²) in [6.45, 7) is 9.18. The quantitative estimate of drug-likeness (QED) is 0.441. The largest absolute Gasteiger partial charge is 0.0808 e. The van der Waals surface area contributed by atoms with E-state index in [1.54, 1.807) is 11.1 Å². The van der Waals surface area contributed by atoms with E-state index < -0.39 is 0 Å². The summed E-state index contributed by atoms with van der Waals surface area (Å²) >= 11 is 0. The maximum atomic E-state index is 2.54. The number of hydrogen-bond acceptors (Lipinski definition) is 0. The second-order valence-electron chi connectivity index (χ2n) is 11.6. The Labute approximate surface area is 206 Å². The summed E-state index contributed by atoms with van der Waals surface area (Å²) in [6, 6.07) is 10.1. The number of rotatable bonds is 3. The second-order valence-corrected chi connectivity index (χ2v) is 11.6. The number of hydrogen-bond donors (Lipinski definition) is 0. The van der Waals surface area contributed by atoms with Crippen molar-refractivity contribution in [3.05, 3.63) is 106 Å². The average molecular weight is 447 g/mol. The molecule has 0 saturated heterocycles. The fourth-order valence-electron chi connectivity index (χ4n) is 7.25. The molecule has 0 N–H and O–H groups in total. The van der Waals surface area contributed by atoms with Gasteiger partial charge in [-0.1, -0.05) is 72.9 Å². The van der Waals surface area contributed by atoms with E-state index in [1.807, 2.05) is 0 Å². The van der Waals surface area contributed by atoms with Gasteiger partial charge in [-0.2, -0.15) is 0 Å². The lowest BCUT2D eigenvalue weighted by Crippen LogP contribution is -2.04. The van der Waals surface area contributed by atoms with E-state index in [0.29, 0.717) is 35.5 Å². The van der Waals surface area contributed by atoms with E-state index in [0.717, 1.165) is 0 Å². The number of allylic oxidation sites excluding steroid dienone is 8. The molecule has 0 nitrogen and oxygen atoms in total. The van der Waals surface area contributed by atoms with Gasteiger partial charge in [-0.15, -0.1) is 0 Å². The molecule has 2 aromatic rings. The standard InChI is InChI=1S/C34H38/c1-21-13-31(29-17-25-9-5-6-10-26(25)18-29)33(15-23(21)3)34-16-24(4)22(2)14-32(34)30-19-27-11-7-8-12-28(27)20-30/h5-16,25-30H,17-20H2,1-4H3. The predicted octanol–water partition coefficient (Wildman–Crippen LogP) is 9.06. The molecule has 34 heavy (non-hydrogen) atoms. The van der Waals surface area contributed by atoms with Crippen molar-refractivity contribution in [3.8, 4) is 11.1 Å². The normalized spacial score (nSPS) is 31.2. The van der Waals surface area contributed by atoms with Crippen molar-refractivity contribution in [2.24, 2.45) is 23.7 Å². The molecular formula is C34H38. The Morgan fingerprint density at radius 2 is 0.735 bits per heavy atom. The zero-order valence-corrected chi connectivity index (χ0v) is 21.2. The van der Waals surface area contributed by atoms with E-state index >= 15 is 0 Å². The van der Waals surface area contributed by atoms with Crippen LogP contribution in [0.15, 0.2) is 72.9 Å². The summed E-state index contributed by atoms with van der Waals surface area (Å²) in [5.74, 6) is 4.12. The lowest BCUT2D eigenvalue weighted by atomic mass is 9.80. The van der Waals surface area contributed by atoms with Gasteiger partial charge in [0.05, 0.1) is 0 Å². The maximum Gasteiger partial charge on any atom is -0.0143 e. The zero-order chi connectivity index (χ0) is 23.4. The van der Waals surface area contributed by atoms with Gasteiger partial charge >= 0.3 is 0 Å². The highest BCUT2D eigenvalue weighted by Crippen LogP contribution is 2.51. The minimum Gasteiger partial charge on any atom is -0.0808 e. The molecule has 0 aliphatic heterocycles. The Morgan fingerprint density at radius 1 is 0.441 bits per heavy atom. The molecule has 4 unspecified atom stereocenters. The first-order chi connectivity index (χ1) is 16.5. The SMILES string of the molecule is Cc1cc(-c2cc(C)c(C)cc2C2CC3C=CC=CC3C2)c(C2CC3C=CC=CC3C2)cc1C. The van der Waals surface area contributed by atoms with Crippen LogP contribution in [0.1, 0.15) is 70.9 Å². The van der Waals surface area contributed by atoms with Gasteiger partial charge in [0.25, 0.3) is 0 Å². The van der Waals surface area contributed by atoms with Gasteiger partial charge in [0.15, 0.2) is 0 Å². The summed E-state index contributed by atoms with van der Waals surface area (Å²) in [6.07, 6.45) is 24.0. The third-order valence-corrected chi connectivity index (χ3v) is 9.48. The summed E-state index contributed by atoms with van der Waals surface area (Å²) in [5.41, 5.74) is 11.9. The zero-order valence-electron chi connectivity index (χ0n) is 21.2. The molecule has 0 aromatic heterocycles. The summed E-state index contributed by atoms with van der Waals surface area (Å²) in [7, 11) is 0. The lowest BCUT2D eigenvalue weighted by Gasteiger charge is -2.24. The van der Waals surface area contributed by atoms with Crippen molar-refractivity contribution in [1.82, 2.24) is 0 Å². The minimum atomic E-state index is 0.642. The summed E-state index contributed by atoms with van der Waals surface area (Å²) in [5, 5.41) is 0. The number of aryl methyl sites for hydroxylation is 4. The summed E-state index contributed by atoms with van der Waals surface area (Å²) in [4.78, 5) is 0. The third kappa shape index (κ3) is 3.76. The molecule has 174 valence electrons. The fraction of sp³-hybridized carbons (Fsp3) is 0.412. The topological polar surface area (TPSA) is 0 Å². The van der Waals surface area contributed by atoms with E-state index in [4.69, 9.17) is 0 Å². The van der Waals surface area contributed by atoms with Crippen molar-refractivity contribution < 1.29 is 0 Å². The first-order valence-electron chi connectivity index (χ1n) is 13.4. The van der Waals surface area contributed by atoms with Gasteiger partial charge in [-0.05, 0) is 133 Å². The second kappa shape index (κ2) is 8.56. The van der Waals surface area contributed by atoms with Crippen molar-refractivity contribution in [2.75, 3.05) is 0 Å². The van der Waals surface area contributed by atoms with Crippen LogP contribution < -0.4 is 0 Å². The Morgan fingerprint density at radius 3 is 1.06 bits per heavy atom. The van der Waals surface area contributed by atoms with Gasteiger partial charge in [-0.3, -0.25) is 0 Å². The molecule has 0 heteroatoms. The minimum absolute atomic E-state index is 0.642. The van der Waals surface area contributed by atoms with Crippen molar-refractivity contribution in [2.45, 2.75) is 65.2 Å². The van der Waals surface area contributed by atoms with Gasteiger partial charge in [-0.25, -0.2) is 0 Å². The molecule has 4 atom stereocenters. The van der Waals surface area contributed by atoms with Crippen LogP contribution in [0.25, 0.3) is 11.1 Å². The average Bonchev–Trinajstić information content (AvgIpc) is 3.46. The van der Waals surface area contributed by atoms with Crippen LogP contribution in [0.5, 0.6) is 0 Å².